The highest BCUT2D eigenvalue weighted by atomic mass is 14.8. The van der Waals surface area contributed by atoms with Crippen LogP contribution in [-0.4, -0.2) is 9.97 Å². The SMILES string of the molecule is c1ccc(-c2cc(-c3cccc(-c4cccc(-c5cccc6c5-c5ccccc5C65c6ccccc6-c6ccccc65)c4)c3)c3ccccc3n2)nc1. The minimum Gasteiger partial charge on any atom is -0.255 e. The molecule has 0 saturated heterocycles. The van der Waals surface area contributed by atoms with Gasteiger partial charge in [0.15, 0.2) is 0 Å². The van der Waals surface area contributed by atoms with Crippen molar-refractivity contribution < 1.29 is 0 Å². The molecule has 1 spiro atoms. The fourth-order valence-corrected chi connectivity index (χ4v) is 9.18. The molecule has 0 radical (unpaired) electrons. The Balaban J connectivity index is 1.07. The lowest BCUT2D eigenvalue weighted by Crippen LogP contribution is -2.25. The molecule has 11 rings (SSSR count). The van der Waals surface area contributed by atoms with Gasteiger partial charge in [0.25, 0.3) is 0 Å². The van der Waals surface area contributed by atoms with Crippen molar-refractivity contribution in [3.05, 3.63) is 217 Å². The van der Waals surface area contributed by atoms with Crippen molar-refractivity contribution in [3.8, 4) is 67.0 Å². The average molecular weight is 673 g/mol. The van der Waals surface area contributed by atoms with E-state index in [0.29, 0.717) is 0 Å². The summed E-state index contributed by atoms with van der Waals surface area (Å²) in [5, 5.41) is 1.13. The first-order valence-corrected chi connectivity index (χ1v) is 18.2. The van der Waals surface area contributed by atoms with Crippen molar-refractivity contribution in [2.24, 2.45) is 0 Å². The zero-order chi connectivity index (χ0) is 34.9. The second-order valence-corrected chi connectivity index (χ2v) is 14.1. The van der Waals surface area contributed by atoms with E-state index in [1.807, 2.05) is 30.5 Å². The van der Waals surface area contributed by atoms with Gasteiger partial charge in [0.05, 0.1) is 22.3 Å². The van der Waals surface area contributed by atoms with Crippen LogP contribution in [0, 0.1) is 0 Å². The van der Waals surface area contributed by atoms with Gasteiger partial charge >= 0.3 is 0 Å². The zero-order valence-electron chi connectivity index (χ0n) is 28.9. The van der Waals surface area contributed by atoms with Crippen LogP contribution in [0.2, 0.25) is 0 Å². The van der Waals surface area contributed by atoms with E-state index in [1.165, 1.54) is 66.8 Å². The van der Waals surface area contributed by atoms with Crippen LogP contribution < -0.4 is 0 Å². The molecule has 246 valence electrons. The van der Waals surface area contributed by atoms with Gasteiger partial charge in [-0.1, -0.05) is 152 Å². The molecule has 53 heavy (non-hydrogen) atoms. The predicted molar refractivity (Wildman–Crippen MR) is 218 cm³/mol. The predicted octanol–water partition coefficient (Wildman–Crippen LogP) is 12.6. The second kappa shape index (κ2) is 11.6. The van der Waals surface area contributed by atoms with E-state index in [1.54, 1.807) is 0 Å². The summed E-state index contributed by atoms with van der Waals surface area (Å²) in [6.45, 7) is 0. The molecule has 0 amide bonds. The van der Waals surface area contributed by atoms with Gasteiger partial charge in [0.2, 0.25) is 0 Å². The molecule has 9 aromatic rings. The Morgan fingerprint density at radius 2 is 0.868 bits per heavy atom. The lowest BCUT2D eigenvalue weighted by molar-refractivity contribution is 0.794. The lowest BCUT2D eigenvalue weighted by Gasteiger charge is -2.30. The maximum Gasteiger partial charge on any atom is 0.0900 e. The average Bonchev–Trinajstić information content (AvgIpc) is 3.71. The van der Waals surface area contributed by atoms with Crippen molar-refractivity contribution in [2.45, 2.75) is 5.41 Å². The maximum absolute atomic E-state index is 4.99. The molecule has 2 aliphatic carbocycles. The van der Waals surface area contributed by atoms with Crippen LogP contribution in [0.3, 0.4) is 0 Å². The molecule has 2 nitrogen and oxygen atoms in total. The van der Waals surface area contributed by atoms with Gasteiger partial charge in [-0.3, -0.25) is 4.98 Å². The third-order valence-corrected chi connectivity index (χ3v) is 11.3. The molecule has 7 aromatic carbocycles. The molecule has 2 heterocycles. The summed E-state index contributed by atoms with van der Waals surface area (Å²) in [4.78, 5) is 9.61. The van der Waals surface area contributed by atoms with E-state index in [9.17, 15) is 0 Å². The largest absolute Gasteiger partial charge is 0.255 e. The highest BCUT2D eigenvalue weighted by Crippen LogP contribution is 2.63. The quantitative estimate of drug-likeness (QED) is 0.186. The summed E-state index contributed by atoms with van der Waals surface area (Å²) in [7, 11) is 0. The van der Waals surface area contributed by atoms with Crippen LogP contribution in [0.25, 0.3) is 77.9 Å². The Hall–Kier alpha value is -6.90. The van der Waals surface area contributed by atoms with E-state index >= 15 is 0 Å². The van der Waals surface area contributed by atoms with Gasteiger partial charge in [0.1, 0.15) is 0 Å². The summed E-state index contributed by atoms with van der Waals surface area (Å²) in [5.74, 6) is 0. The molecule has 2 aliphatic rings. The van der Waals surface area contributed by atoms with E-state index in [2.05, 4.69) is 169 Å². The van der Waals surface area contributed by atoms with Gasteiger partial charge in [-0.05, 0) is 114 Å². The van der Waals surface area contributed by atoms with Gasteiger partial charge < -0.3 is 0 Å². The number of fused-ring (bicyclic) bond motifs is 11. The van der Waals surface area contributed by atoms with E-state index in [-0.39, 0.29) is 5.41 Å². The van der Waals surface area contributed by atoms with Crippen LogP contribution in [0.1, 0.15) is 22.3 Å². The van der Waals surface area contributed by atoms with Gasteiger partial charge in [-0.15, -0.1) is 0 Å². The Morgan fingerprint density at radius 3 is 1.57 bits per heavy atom. The molecular formula is C51H32N2. The third kappa shape index (κ3) is 4.33. The smallest absolute Gasteiger partial charge is 0.0900 e. The van der Waals surface area contributed by atoms with Crippen LogP contribution in [0.4, 0.5) is 0 Å². The number of aromatic nitrogens is 2. The Bertz CT molecular complexity index is 2860. The highest BCUT2D eigenvalue weighted by Gasteiger charge is 2.51. The first-order valence-electron chi connectivity index (χ1n) is 18.2. The minimum absolute atomic E-state index is 0.359. The standard InChI is InChI=1S/C51H32N2/c1-5-23-43-38(18-1)39-19-2-6-24-44(39)51(43)45-25-7-3-21-41(45)50-37(22-13-26-46(50)51)35-16-11-14-33(30-35)34-15-12-17-36(31-34)42-32-49(48-28-9-10-29-52-48)53-47-27-8-4-20-40(42)47/h1-32H. The monoisotopic (exact) mass is 672 g/mol. The fourth-order valence-electron chi connectivity index (χ4n) is 9.18. The van der Waals surface area contributed by atoms with E-state index in [4.69, 9.17) is 4.98 Å². The zero-order valence-corrected chi connectivity index (χ0v) is 28.9. The molecular weight excluding hydrogens is 641 g/mol. The van der Waals surface area contributed by atoms with Gasteiger partial charge in [0, 0.05) is 11.6 Å². The fraction of sp³-hybridized carbons (Fsp3) is 0.0196. The molecule has 0 N–H and O–H groups in total. The van der Waals surface area contributed by atoms with Crippen molar-refractivity contribution in [1.82, 2.24) is 9.97 Å². The molecule has 0 saturated carbocycles. The Labute approximate surface area is 308 Å². The number of hydrogen-bond donors (Lipinski definition) is 0. The third-order valence-electron chi connectivity index (χ3n) is 11.3. The number of benzene rings is 7. The second-order valence-electron chi connectivity index (χ2n) is 14.1. The van der Waals surface area contributed by atoms with Crippen LogP contribution in [0.15, 0.2) is 194 Å². The summed E-state index contributed by atoms with van der Waals surface area (Å²) >= 11 is 0. The van der Waals surface area contributed by atoms with Crippen LogP contribution in [0.5, 0.6) is 0 Å². The molecule has 0 unspecified atom stereocenters. The van der Waals surface area contributed by atoms with Crippen molar-refractivity contribution in [1.29, 1.82) is 0 Å². The first-order chi connectivity index (χ1) is 26.3. The maximum atomic E-state index is 4.99. The minimum atomic E-state index is -0.359. The van der Waals surface area contributed by atoms with Gasteiger partial charge in [-0.2, -0.15) is 0 Å². The lowest BCUT2D eigenvalue weighted by atomic mass is 9.70. The normalized spacial score (nSPS) is 13.1. The summed E-state index contributed by atoms with van der Waals surface area (Å²) in [6, 6.07) is 68.5. The molecule has 0 bridgehead atoms. The van der Waals surface area contributed by atoms with Crippen LogP contribution >= 0.6 is 0 Å². The molecule has 2 heteroatoms. The molecule has 0 fully saturated rings. The topological polar surface area (TPSA) is 25.8 Å². The Kier molecular flexibility index (Phi) is 6.50. The number of para-hydroxylation sites is 1. The first kappa shape index (κ1) is 29.8. The number of nitrogens with zero attached hydrogens (tertiary/aromatic N) is 2. The number of pyridine rings is 2. The van der Waals surface area contributed by atoms with Crippen molar-refractivity contribution in [3.63, 3.8) is 0 Å². The van der Waals surface area contributed by atoms with Crippen molar-refractivity contribution >= 4 is 10.9 Å². The van der Waals surface area contributed by atoms with Gasteiger partial charge in [-0.25, -0.2) is 4.98 Å². The van der Waals surface area contributed by atoms with E-state index < -0.39 is 0 Å². The van der Waals surface area contributed by atoms with Crippen molar-refractivity contribution in [2.75, 3.05) is 0 Å². The van der Waals surface area contributed by atoms with E-state index in [0.717, 1.165) is 33.4 Å². The van der Waals surface area contributed by atoms with Crippen LogP contribution in [-0.2, 0) is 5.41 Å². The Morgan fingerprint density at radius 1 is 0.340 bits per heavy atom. The molecule has 0 aliphatic heterocycles. The molecule has 0 atom stereocenters. The molecule has 2 aromatic heterocycles. The summed E-state index contributed by atoms with van der Waals surface area (Å²) < 4.78 is 0. The number of rotatable bonds is 4. The summed E-state index contributed by atoms with van der Waals surface area (Å²) in [6.07, 6.45) is 1.82. The summed E-state index contributed by atoms with van der Waals surface area (Å²) in [5.41, 5.74) is 20.2. The number of hydrogen-bond acceptors (Lipinski definition) is 2. The highest BCUT2D eigenvalue weighted by molar-refractivity contribution is 6.01.